The number of rotatable bonds is 8. The normalized spacial score (nSPS) is 12.5. The van der Waals surface area contributed by atoms with Crippen molar-refractivity contribution < 1.29 is 14.3 Å². The first-order chi connectivity index (χ1) is 15.4. The van der Waals surface area contributed by atoms with E-state index in [0.29, 0.717) is 23.4 Å². The topological polar surface area (TPSA) is 67.4 Å². The van der Waals surface area contributed by atoms with E-state index >= 15 is 0 Å². The Kier molecular flexibility index (Phi) is 7.66. The number of para-hydroxylation sites is 1. The first-order valence-electron chi connectivity index (χ1n) is 10.9. The maximum absolute atomic E-state index is 13.0. The van der Waals surface area contributed by atoms with Crippen molar-refractivity contribution in [3.05, 3.63) is 95.1 Å². The molecule has 166 valence electrons. The van der Waals surface area contributed by atoms with Gasteiger partial charge in [0.25, 0.3) is 11.8 Å². The van der Waals surface area contributed by atoms with Crippen molar-refractivity contribution in [1.29, 1.82) is 0 Å². The zero-order valence-electron chi connectivity index (χ0n) is 19.0. The summed E-state index contributed by atoms with van der Waals surface area (Å²) >= 11 is 0. The van der Waals surface area contributed by atoms with Crippen molar-refractivity contribution in [2.75, 3.05) is 5.32 Å². The van der Waals surface area contributed by atoms with Crippen LogP contribution in [0.2, 0.25) is 0 Å². The Bertz CT molecular complexity index is 1080. The van der Waals surface area contributed by atoms with Gasteiger partial charge in [0, 0.05) is 0 Å². The monoisotopic (exact) mass is 430 g/mol. The fourth-order valence-corrected chi connectivity index (χ4v) is 3.51. The van der Waals surface area contributed by atoms with Crippen LogP contribution in [0, 0.1) is 13.8 Å². The molecule has 0 aliphatic rings. The van der Waals surface area contributed by atoms with Crippen molar-refractivity contribution in [1.82, 2.24) is 5.32 Å². The molecule has 0 fully saturated rings. The van der Waals surface area contributed by atoms with E-state index in [-0.39, 0.29) is 17.9 Å². The number of carbonyl (C=O) groups excluding carboxylic acids is 2. The van der Waals surface area contributed by atoms with Crippen molar-refractivity contribution in [3.8, 4) is 5.75 Å². The Labute approximate surface area is 189 Å². The van der Waals surface area contributed by atoms with Gasteiger partial charge in [-0.05, 0) is 56.5 Å². The maximum Gasteiger partial charge on any atom is 0.265 e. The van der Waals surface area contributed by atoms with Gasteiger partial charge in [-0.1, -0.05) is 67.1 Å². The number of carbonyl (C=O) groups is 2. The molecule has 0 spiro atoms. The third kappa shape index (κ3) is 5.76. The molecule has 0 heterocycles. The largest absolute Gasteiger partial charge is 0.480 e. The van der Waals surface area contributed by atoms with E-state index in [1.807, 2.05) is 76.2 Å². The van der Waals surface area contributed by atoms with E-state index in [0.717, 1.165) is 16.7 Å². The molecule has 3 rings (SSSR count). The molecule has 0 aliphatic carbocycles. The number of ether oxygens (including phenoxy) is 1. The molecule has 0 saturated carbocycles. The fraction of sp³-hybridized carbons (Fsp3) is 0.259. The molecule has 2 amide bonds. The molecule has 5 heteroatoms. The van der Waals surface area contributed by atoms with Gasteiger partial charge in [-0.25, -0.2) is 0 Å². The second-order valence-corrected chi connectivity index (χ2v) is 7.92. The van der Waals surface area contributed by atoms with Crippen LogP contribution in [0.15, 0.2) is 72.8 Å². The van der Waals surface area contributed by atoms with Crippen molar-refractivity contribution in [2.45, 2.75) is 46.3 Å². The van der Waals surface area contributed by atoms with Gasteiger partial charge in [-0.15, -0.1) is 0 Å². The molecular formula is C27H30N2O3. The van der Waals surface area contributed by atoms with Gasteiger partial charge in [0.05, 0.1) is 17.3 Å². The number of aryl methyl sites for hydroxylation is 2. The van der Waals surface area contributed by atoms with Crippen LogP contribution in [-0.2, 0) is 4.79 Å². The van der Waals surface area contributed by atoms with Crippen molar-refractivity contribution in [2.24, 2.45) is 0 Å². The van der Waals surface area contributed by atoms with Gasteiger partial charge in [-0.3, -0.25) is 9.59 Å². The van der Waals surface area contributed by atoms with Crippen LogP contribution in [0.5, 0.6) is 5.75 Å². The zero-order chi connectivity index (χ0) is 23.1. The lowest BCUT2D eigenvalue weighted by Gasteiger charge is -2.20. The number of amides is 2. The summed E-state index contributed by atoms with van der Waals surface area (Å²) < 4.78 is 5.99. The first kappa shape index (κ1) is 23.1. The Morgan fingerprint density at radius 1 is 0.938 bits per heavy atom. The van der Waals surface area contributed by atoms with E-state index in [1.165, 1.54) is 0 Å². The summed E-state index contributed by atoms with van der Waals surface area (Å²) in [5, 5.41) is 5.88. The molecule has 2 N–H and O–H groups in total. The van der Waals surface area contributed by atoms with Crippen LogP contribution < -0.4 is 15.4 Å². The number of anilines is 1. The Morgan fingerprint density at radius 2 is 1.62 bits per heavy atom. The number of nitrogens with one attached hydrogen (secondary N) is 2. The van der Waals surface area contributed by atoms with Crippen LogP contribution in [-0.4, -0.2) is 17.9 Å². The lowest BCUT2D eigenvalue weighted by atomic mass is 10.1. The Hall–Kier alpha value is -3.60. The molecular weight excluding hydrogens is 400 g/mol. The molecule has 3 aromatic carbocycles. The van der Waals surface area contributed by atoms with E-state index in [9.17, 15) is 9.59 Å². The lowest BCUT2D eigenvalue weighted by molar-refractivity contribution is -0.122. The molecule has 0 aromatic heterocycles. The summed E-state index contributed by atoms with van der Waals surface area (Å²) in [5.41, 5.74) is 3.99. The number of hydrogen-bond acceptors (Lipinski definition) is 3. The number of hydrogen-bond donors (Lipinski definition) is 2. The molecule has 0 aliphatic heterocycles. The van der Waals surface area contributed by atoms with Gasteiger partial charge in [0.2, 0.25) is 0 Å². The molecule has 3 aromatic rings. The highest BCUT2D eigenvalue weighted by molar-refractivity contribution is 6.04. The van der Waals surface area contributed by atoms with Crippen LogP contribution in [0.3, 0.4) is 0 Å². The minimum absolute atomic E-state index is 0.163. The van der Waals surface area contributed by atoms with Crippen LogP contribution >= 0.6 is 0 Å². The smallest absolute Gasteiger partial charge is 0.265 e. The highest BCUT2D eigenvalue weighted by atomic mass is 16.5. The average Bonchev–Trinajstić information content (AvgIpc) is 2.79. The predicted molar refractivity (Wildman–Crippen MR) is 128 cm³/mol. The zero-order valence-corrected chi connectivity index (χ0v) is 19.0. The Balaban J connectivity index is 1.72. The second-order valence-electron chi connectivity index (χ2n) is 7.92. The quantitative estimate of drug-likeness (QED) is 0.489. The Morgan fingerprint density at radius 3 is 2.31 bits per heavy atom. The summed E-state index contributed by atoms with van der Waals surface area (Å²) in [4.78, 5) is 25.9. The summed E-state index contributed by atoms with van der Waals surface area (Å²) in [6.45, 7) is 7.80. The van der Waals surface area contributed by atoms with Crippen LogP contribution in [0.1, 0.15) is 53.4 Å². The molecule has 5 nitrogen and oxygen atoms in total. The molecule has 0 radical (unpaired) electrons. The van der Waals surface area contributed by atoms with Gasteiger partial charge < -0.3 is 15.4 Å². The minimum Gasteiger partial charge on any atom is -0.480 e. The third-order valence-corrected chi connectivity index (χ3v) is 5.34. The van der Waals surface area contributed by atoms with Gasteiger partial charge in [0.1, 0.15) is 5.75 Å². The van der Waals surface area contributed by atoms with Gasteiger partial charge in [-0.2, -0.15) is 0 Å². The molecule has 0 bridgehead atoms. The second kappa shape index (κ2) is 10.6. The summed E-state index contributed by atoms with van der Waals surface area (Å²) in [6, 6.07) is 22.4. The SMILES string of the molecule is CC[C@@H](Oc1ccc(C)cc1C)C(=O)Nc1ccccc1C(=O)N[C@H](C)c1ccccc1. The third-order valence-electron chi connectivity index (χ3n) is 5.34. The van der Waals surface area contributed by atoms with E-state index in [2.05, 4.69) is 10.6 Å². The predicted octanol–water partition coefficient (Wildman–Crippen LogP) is 5.59. The molecule has 32 heavy (non-hydrogen) atoms. The average molecular weight is 431 g/mol. The first-order valence-corrected chi connectivity index (χ1v) is 10.9. The summed E-state index contributed by atoms with van der Waals surface area (Å²) in [5.74, 6) is 0.143. The fourth-order valence-electron chi connectivity index (χ4n) is 3.51. The molecule has 0 unspecified atom stereocenters. The van der Waals surface area contributed by atoms with E-state index in [4.69, 9.17) is 4.74 Å². The van der Waals surface area contributed by atoms with Gasteiger partial charge >= 0.3 is 0 Å². The summed E-state index contributed by atoms with van der Waals surface area (Å²) in [7, 11) is 0. The maximum atomic E-state index is 13.0. The molecule has 0 saturated heterocycles. The number of benzene rings is 3. The highest BCUT2D eigenvalue weighted by Crippen LogP contribution is 2.23. The van der Waals surface area contributed by atoms with Crippen molar-refractivity contribution >= 4 is 17.5 Å². The lowest BCUT2D eigenvalue weighted by Crippen LogP contribution is -2.34. The van der Waals surface area contributed by atoms with Crippen LogP contribution in [0.4, 0.5) is 5.69 Å². The van der Waals surface area contributed by atoms with E-state index < -0.39 is 6.10 Å². The minimum atomic E-state index is -0.671. The molecule has 2 atom stereocenters. The van der Waals surface area contributed by atoms with Gasteiger partial charge in [0.15, 0.2) is 6.10 Å². The van der Waals surface area contributed by atoms with Crippen LogP contribution in [0.25, 0.3) is 0 Å². The summed E-state index contributed by atoms with van der Waals surface area (Å²) in [6.07, 6.45) is -0.172. The highest BCUT2D eigenvalue weighted by Gasteiger charge is 2.22. The van der Waals surface area contributed by atoms with E-state index in [1.54, 1.807) is 24.3 Å². The standard InChI is InChI=1S/C27H30N2O3/c1-5-24(32-25-16-15-18(2)17-19(25)3)27(31)29-23-14-10-9-13-22(23)26(30)28-20(4)21-11-7-6-8-12-21/h6-17,20,24H,5H2,1-4H3,(H,28,30)(H,29,31)/t20-,24-/m1/s1. The van der Waals surface area contributed by atoms with Crippen molar-refractivity contribution in [3.63, 3.8) is 0 Å².